The zero-order chi connectivity index (χ0) is 10.8. The van der Waals surface area contributed by atoms with Crippen LogP contribution in [0.5, 0.6) is 0 Å². The molecule has 0 aliphatic heterocycles. The normalized spacial score (nSPS) is 11.2. The monoisotopic (exact) mass is 204 g/mol. The molecule has 0 saturated carbocycles. The van der Waals surface area contributed by atoms with Gasteiger partial charge in [0.1, 0.15) is 5.82 Å². The second-order valence-corrected chi connectivity index (χ2v) is 4.05. The standard InChI is InChI=1S/C11H16N4/c1-9(2)11-12-5-7-15(11)8-10-4-6-14(3)13-10/h4-7,9H,8H2,1-3H3. The van der Waals surface area contributed by atoms with Crippen LogP contribution >= 0.6 is 0 Å². The van der Waals surface area contributed by atoms with E-state index in [0.717, 1.165) is 18.1 Å². The molecule has 2 heterocycles. The zero-order valence-electron chi connectivity index (χ0n) is 9.38. The fraction of sp³-hybridized carbons (Fsp3) is 0.455. The van der Waals surface area contributed by atoms with Crippen molar-refractivity contribution in [1.29, 1.82) is 0 Å². The van der Waals surface area contributed by atoms with E-state index >= 15 is 0 Å². The number of hydrogen-bond acceptors (Lipinski definition) is 2. The lowest BCUT2D eigenvalue weighted by Gasteiger charge is -2.08. The molecule has 15 heavy (non-hydrogen) atoms. The Labute approximate surface area is 89.6 Å². The molecule has 2 aromatic heterocycles. The maximum Gasteiger partial charge on any atom is 0.111 e. The molecular weight excluding hydrogens is 188 g/mol. The highest BCUT2D eigenvalue weighted by atomic mass is 15.3. The molecule has 2 aromatic rings. The lowest BCUT2D eigenvalue weighted by molar-refractivity contribution is 0.646. The van der Waals surface area contributed by atoms with Crippen molar-refractivity contribution in [3.63, 3.8) is 0 Å². The van der Waals surface area contributed by atoms with Gasteiger partial charge in [-0.25, -0.2) is 4.98 Å². The number of nitrogens with zero attached hydrogens (tertiary/aromatic N) is 4. The molecule has 80 valence electrons. The molecular formula is C11H16N4. The number of hydrogen-bond donors (Lipinski definition) is 0. The predicted molar refractivity (Wildman–Crippen MR) is 58.6 cm³/mol. The van der Waals surface area contributed by atoms with Crippen molar-refractivity contribution in [3.8, 4) is 0 Å². The van der Waals surface area contributed by atoms with Crippen LogP contribution < -0.4 is 0 Å². The van der Waals surface area contributed by atoms with E-state index in [-0.39, 0.29) is 0 Å². The largest absolute Gasteiger partial charge is 0.329 e. The molecule has 0 saturated heterocycles. The molecule has 0 bridgehead atoms. The lowest BCUT2D eigenvalue weighted by Crippen LogP contribution is -2.06. The average Bonchev–Trinajstić information content (AvgIpc) is 2.75. The van der Waals surface area contributed by atoms with E-state index < -0.39 is 0 Å². The van der Waals surface area contributed by atoms with Gasteiger partial charge in [0, 0.05) is 31.6 Å². The molecule has 0 spiro atoms. The van der Waals surface area contributed by atoms with Crippen LogP contribution in [-0.4, -0.2) is 19.3 Å². The van der Waals surface area contributed by atoms with Crippen molar-refractivity contribution in [1.82, 2.24) is 19.3 Å². The van der Waals surface area contributed by atoms with Crippen molar-refractivity contribution in [3.05, 3.63) is 36.2 Å². The first-order chi connectivity index (χ1) is 7.16. The van der Waals surface area contributed by atoms with Gasteiger partial charge in [-0.15, -0.1) is 0 Å². The third-order valence-electron chi connectivity index (χ3n) is 2.37. The van der Waals surface area contributed by atoms with Crippen molar-refractivity contribution >= 4 is 0 Å². The molecule has 0 unspecified atom stereocenters. The number of aromatic nitrogens is 4. The highest BCUT2D eigenvalue weighted by molar-refractivity contribution is 5.05. The van der Waals surface area contributed by atoms with E-state index in [0.29, 0.717) is 5.92 Å². The van der Waals surface area contributed by atoms with E-state index in [1.807, 2.05) is 36.4 Å². The van der Waals surface area contributed by atoms with Gasteiger partial charge in [-0.3, -0.25) is 4.68 Å². The lowest BCUT2D eigenvalue weighted by atomic mass is 10.2. The second kappa shape index (κ2) is 3.88. The van der Waals surface area contributed by atoms with E-state index in [9.17, 15) is 0 Å². The van der Waals surface area contributed by atoms with Crippen LogP contribution in [0.1, 0.15) is 31.3 Å². The van der Waals surface area contributed by atoms with E-state index in [4.69, 9.17) is 0 Å². The predicted octanol–water partition coefficient (Wildman–Crippen LogP) is 1.79. The number of imidazole rings is 1. The molecule has 4 nitrogen and oxygen atoms in total. The molecule has 4 heteroatoms. The Balaban J connectivity index is 2.20. The summed E-state index contributed by atoms with van der Waals surface area (Å²) in [6, 6.07) is 2.03. The molecule has 0 atom stereocenters. The van der Waals surface area contributed by atoms with Crippen molar-refractivity contribution in [2.75, 3.05) is 0 Å². The van der Waals surface area contributed by atoms with Crippen molar-refractivity contribution in [2.24, 2.45) is 7.05 Å². The molecule has 2 rings (SSSR count). The minimum atomic E-state index is 0.448. The summed E-state index contributed by atoms with van der Waals surface area (Å²) in [6.07, 6.45) is 5.81. The summed E-state index contributed by atoms with van der Waals surface area (Å²) in [5.41, 5.74) is 1.07. The SMILES string of the molecule is CC(C)c1nccn1Cc1ccn(C)n1. The molecule has 0 aliphatic carbocycles. The summed E-state index contributed by atoms with van der Waals surface area (Å²) in [5, 5.41) is 4.35. The van der Waals surface area contributed by atoms with Crippen LogP contribution in [0.25, 0.3) is 0 Å². The first-order valence-corrected chi connectivity index (χ1v) is 5.16. The van der Waals surface area contributed by atoms with Gasteiger partial charge in [0.05, 0.1) is 12.2 Å². The first-order valence-electron chi connectivity index (χ1n) is 5.16. The van der Waals surface area contributed by atoms with E-state index in [2.05, 4.69) is 28.5 Å². The van der Waals surface area contributed by atoms with Crippen LogP contribution in [0.3, 0.4) is 0 Å². The van der Waals surface area contributed by atoms with Crippen LogP contribution in [0.15, 0.2) is 24.7 Å². The summed E-state index contributed by atoms with van der Waals surface area (Å²) in [7, 11) is 1.93. The first kappa shape index (κ1) is 9.96. The van der Waals surface area contributed by atoms with Gasteiger partial charge in [0.25, 0.3) is 0 Å². The average molecular weight is 204 g/mol. The molecule has 0 aromatic carbocycles. The summed E-state index contributed by atoms with van der Waals surface area (Å²) in [6.45, 7) is 5.10. The van der Waals surface area contributed by atoms with Crippen LogP contribution in [0.4, 0.5) is 0 Å². The highest BCUT2D eigenvalue weighted by Crippen LogP contribution is 2.12. The third-order valence-corrected chi connectivity index (χ3v) is 2.37. The molecule has 0 radical (unpaired) electrons. The second-order valence-electron chi connectivity index (χ2n) is 4.05. The fourth-order valence-electron chi connectivity index (χ4n) is 1.68. The Morgan fingerprint density at radius 2 is 2.13 bits per heavy atom. The number of aryl methyl sites for hydroxylation is 1. The van der Waals surface area contributed by atoms with Gasteiger partial charge in [-0.1, -0.05) is 13.8 Å². The Morgan fingerprint density at radius 1 is 1.33 bits per heavy atom. The van der Waals surface area contributed by atoms with Crippen molar-refractivity contribution in [2.45, 2.75) is 26.3 Å². The minimum Gasteiger partial charge on any atom is -0.329 e. The molecule has 0 fully saturated rings. The van der Waals surface area contributed by atoms with Crippen molar-refractivity contribution < 1.29 is 0 Å². The van der Waals surface area contributed by atoms with Gasteiger partial charge >= 0.3 is 0 Å². The van der Waals surface area contributed by atoms with Gasteiger partial charge in [-0.05, 0) is 6.07 Å². The minimum absolute atomic E-state index is 0.448. The quantitative estimate of drug-likeness (QED) is 0.764. The fourth-order valence-corrected chi connectivity index (χ4v) is 1.68. The maximum atomic E-state index is 4.35. The smallest absolute Gasteiger partial charge is 0.111 e. The highest BCUT2D eigenvalue weighted by Gasteiger charge is 2.08. The summed E-state index contributed by atoms with van der Waals surface area (Å²) in [5.74, 6) is 1.56. The molecule has 0 amide bonds. The summed E-state index contributed by atoms with van der Waals surface area (Å²) < 4.78 is 3.97. The van der Waals surface area contributed by atoms with Gasteiger partial charge in [-0.2, -0.15) is 5.10 Å². The Kier molecular flexibility index (Phi) is 2.58. The summed E-state index contributed by atoms with van der Waals surface area (Å²) in [4.78, 5) is 4.35. The zero-order valence-corrected chi connectivity index (χ0v) is 9.38. The Hall–Kier alpha value is -1.58. The van der Waals surface area contributed by atoms with E-state index in [1.165, 1.54) is 0 Å². The van der Waals surface area contributed by atoms with Gasteiger partial charge in [0.15, 0.2) is 0 Å². The molecule has 0 N–H and O–H groups in total. The van der Waals surface area contributed by atoms with Gasteiger partial charge < -0.3 is 4.57 Å². The van der Waals surface area contributed by atoms with Gasteiger partial charge in [0.2, 0.25) is 0 Å². The van der Waals surface area contributed by atoms with Crippen LogP contribution in [0, 0.1) is 0 Å². The topological polar surface area (TPSA) is 35.6 Å². The van der Waals surface area contributed by atoms with Crippen LogP contribution in [0.2, 0.25) is 0 Å². The Bertz CT molecular complexity index is 439. The Morgan fingerprint density at radius 3 is 2.73 bits per heavy atom. The van der Waals surface area contributed by atoms with E-state index in [1.54, 1.807) is 0 Å². The van der Waals surface area contributed by atoms with Crippen LogP contribution in [-0.2, 0) is 13.6 Å². The summed E-state index contributed by atoms with van der Waals surface area (Å²) >= 11 is 0. The number of rotatable bonds is 3. The maximum absolute atomic E-state index is 4.35. The third kappa shape index (κ3) is 2.09. The molecule has 0 aliphatic rings.